The summed E-state index contributed by atoms with van der Waals surface area (Å²) < 4.78 is 6.54. The molecule has 1 amide bonds. The predicted octanol–water partition coefficient (Wildman–Crippen LogP) is 5.34. The van der Waals surface area contributed by atoms with Gasteiger partial charge in [0.25, 0.3) is 5.91 Å². The van der Waals surface area contributed by atoms with Crippen molar-refractivity contribution >= 4 is 33.2 Å². The van der Waals surface area contributed by atoms with E-state index in [4.69, 9.17) is 4.74 Å². The fraction of sp³-hybridized carbons (Fsp3) is 0.269. The summed E-state index contributed by atoms with van der Waals surface area (Å²) in [4.78, 5) is 17.4. The minimum atomic E-state index is -0.0938. The number of methoxy groups -OCH3 is 1. The van der Waals surface area contributed by atoms with E-state index >= 15 is 0 Å². The lowest BCUT2D eigenvalue weighted by Gasteiger charge is -2.36. The maximum atomic E-state index is 12.6. The zero-order valence-electron chi connectivity index (χ0n) is 18.5. The highest BCUT2D eigenvalue weighted by Crippen LogP contribution is 2.28. The van der Waals surface area contributed by atoms with Crippen molar-refractivity contribution in [2.24, 2.45) is 0 Å². The van der Waals surface area contributed by atoms with E-state index in [2.05, 4.69) is 43.2 Å². The van der Waals surface area contributed by atoms with Crippen LogP contribution in [0.4, 0.5) is 11.4 Å². The number of nitrogens with one attached hydrogen (secondary N) is 1. The van der Waals surface area contributed by atoms with Gasteiger partial charge in [0.2, 0.25) is 0 Å². The number of piperazine rings is 1. The van der Waals surface area contributed by atoms with Gasteiger partial charge in [0.15, 0.2) is 0 Å². The van der Waals surface area contributed by atoms with Crippen LogP contribution in [0, 0.1) is 6.92 Å². The first-order chi connectivity index (χ1) is 15.5. The van der Waals surface area contributed by atoms with Crippen molar-refractivity contribution in [2.45, 2.75) is 13.5 Å². The minimum Gasteiger partial charge on any atom is -0.495 e. The molecule has 1 aliphatic heterocycles. The van der Waals surface area contributed by atoms with Gasteiger partial charge in [-0.3, -0.25) is 9.69 Å². The molecule has 1 heterocycles. The van der Waals surface area contributed by atoms with Gasteiger partial charge < -0.3 is 15.0 Å². The van der Waals surface area contributed by atoms with E-state index in [1.165, 1.54) is 5.56 Å². The van der Waals surface area contributed by atoms with Crippen LogP contribution in [0.1, 0.15) is 21.5 Å². The van der Waals surface area contributed by atoms with E-state index < -0.39 is 0 Å². The molecule has 1 saturated heterocycles. The molecule has 0 atom stereocenters. The zero-order valence-corrected chi connectivity index (χ0v) is 20.1. The molecule has 1 aliphatic rings. The Balaban J connectivity index is 1.31. The van der Waals surface area contributed by atoms with Crippen LogP contribution in [-0.4, -0.2) is 44.1 Å². The number of anilines is 2. The normalized spacial score (nSPS) is 14.3. The number of carbonyl (C=O) groups excluding carboxylic acids is 1. The van der Waals surface area contributed by atoms with Gasteiger partial charge >= 0.3 is 0 Å². The second kappa shape index (κ2) is 10.2. The van der Waals surface area contributed by atoms with E-state index in [9.17, 15) is 4.79 Å². The topological polar surface area (TPSA) is 44.8 Å². The van der Waals surface area contributed by atoms with Crippen molar-refractivity contribution in [3.63, 3.8) is 0 Å². The van der Waals surface area contributed by atoms with Gasteiger partial charge in [-0.05, 0) is 60.5 Å². The van der Waals surface area contributed by atoms with Crippen molar-refractivity contribution < 1.29 is 9.53 Å². The maximum Gasteiger partial charge on any atom is 0.255 e. The molecule has 0 bridgehead atoms. The first-order valence-corrected chi connectivity index (χ1v) is 11.6. The Morgan fingerprint density at radius 1 is 1.00 bits per heavy atom. The van der Waals surface area contributed by atoms with Crippen LogP contribution >= 0.6 is 15.9 Å². The molecule has 0 radical (unpaired) electrons. The average molecular weight is 494 g/mol. The molecule has 0 spiro atoms. The Labute approximate surface area is 198 Å². The molecule has 0 aromatic heterocycles. The Kier molecular flexibility index (Phi) is 7.12. The number of ether oxygens (including phenoxy) is 1. The van der Waals surface area contributed by atoms with E-state index in [1.54, 1.807) is 7.11 Å². The number of nitrogens with zero attached hydrogens (tertiary/aromatic N) is 2. The lowest BCUT2D eigenvalue weighted by atomic mass is 10.1. The number of benzene rings is 3. The van der Waals surface area contributed by atoms with Crippen LogP contribution in [-0.2, 0) is 6.54 Å². The summed E-state index contributed by atoms with van der Waals surface area (Å²) in [7, 11) is 1.72. The van der Waals surface area contributed by atoms with Crippen molar-refractivity contribution in [3.05, 3.63) is 87.9 Å². The largest absolute Gasteiger partial charge is 0.495 e. The number of hydrogen-bond donors (Lipinski definition) is 1. The lowest BCUT2D eigenvalue weighted by Crippen LogP contribution is -2.46. The van der Waals surface area contributed by atoms with Gasteiger partial charge in [0, 0.05) is 48.4 Å². The second-order valence-corrected chi connectivity index (χ2v) is 8.90. The Hall–Kier alpha value is -2.83. The maximum absolute atomic E-state index is 12.6. The summed E-state index contributed by atoms with van der Waals surface area (Å²) in [5.41, 5.74) is 4.92. The summed E-state index contributed by atoms with van der Waals surface area (Å²) in [5.74, 6) is 0.830. The molecular weight excluding hydrogens is 466 g/mol. The van der Waals surface area contributed by atoms with Gasteiger partial charge in [0.05, 0.1) is 12.8 Å². The number of para-hydroxylation sites is 2. The van der Waals surface area contributed by atoms with Crippen molar-refractivity contribution in [1.29, 1.82) is 0 Å². The van der Waals surface area contributed by atoms with Crippen LogP contribution in [0.15, 0.2) is 71.2 Å². The van der Waals surface area contributed by atoms with Crippen LogP contribution in [0.2, 0.25) is 0 Å². The lowest BCUT2D eigenvalue weighted by molar-refractivity contribution is 0.102. The van der Waals surface area contributed by atoms with Gasteiger partial charge in [-0.15, -0.1) is 0 Å². The zero-order chi connectivity index (χ0) is 22.5. The summed E-state index contributed by atoms with van der Waals surface area (Å²) in [5, 5.41) is 2.97. The fourth-order valence-electron chi connectivity index (χ4n) is 3.98. The number of halogens is 1. The standard InChI is InChI=1S/C26H28BrN3O2/c1-19-17-22(11-12-23(19)27)28-26(31)21-9-7-20(8-10-21)18-29-13-15-30(16-14-29)24-5-3-4-6-25(24)32-2/h3-12,17H,13-16,18H2,1-2H3,(H,28,31). The highest BCUT2D eigenvalue weighted by atomic mass is 79.9. The molecule has 6 heteroatoms. The molecule has 1 N–H and O–H groups in total. The van der Waals surface area contributed by atoms with Gasteiger partial charge in [-0.25, -0.2) is 0 Å². The SMILES string of the molecule is COc1ccccc1N1CCN(Cc2ccc(C(=O)Nc3ccc(Br)c(C)c3)cc2)CC1. The van der Waals surface area contributed by atoms with Crippen LogP contribution in [0.5, 0.6) is 5.75 Å². The van der Waals surface area contributed by atoms with Crippen LogP contribution in [0.3, 0.4) is 0 Å². The third-order valence-corrected chi connectivity index (χ3v) is 6.73. The van der Waals surface area contributed by atoms with E-state index in [-0.39, 0.29) is 5.91 Å². The molecule has 0 saturated carbocycles. The highest BCUT2D eigenvalue weighted by molar-refractivity contribution is 9.10. The van der Waals surface area contributed by atoms with Crippen molar-refractivity contribution in [3.8, 4) is 5.75 Å². The van der Waals surface area contributed by atoms with Crippen LogP contribution < -0.4 is 15.0 Å². The molecule has 4 rings (SSSR count). The number of hydrogen-bond acceptors (Lipinski definition) is 4. The van der Waals surface area contributed by atoms with Gasteiger partial charge in [-0.2, -0.15) is 0 Å². The van der Waals surface area contributed by atoms with E-state index in [0.29, 0.717) is 5.56 Å². The molecule has 0 aliphatic carbocycles. The third-order valence-electron chi connectivity index (χ3n) is 5.84. The first kappa shape index (κ1) is 22.4. The third kappa shape index (κ3) is 5.31. The molecule has 3 aromatic rings. The Morgan fingerprint density at radius 3 is 2.41 bits per heavy atom. The van der Waals surface area contributed by atoms with Crippen LogP contribution in [0.25, 0.3) is 0 Å². The van der Waals surface area contributed by atoms with E-state index in [1.807, 2.05) is 61.5 Å². The minimum absolute atomic E-state index is 0.0938. The summed E-state index contributed by atoms with van der Waals surface area (Å²) in [6, 6.07) is 21.9. The quantitative estimate of drug-likeness (QED) is 0.503. The summed E-state index contributed by atoms with van der Waals surface area (Å²) in [6.07, 6.45) is 0. The number of aryl methyl sites for hydroxylation is 1. The second-order valence-electron chi connectivity index (χ2n) is 8.05. The average Bonchev–Trinajstić information content (AvgIpc) is 2.82. The summed E-state index contributed by atoms with van der Waals surface area (Å²) in [6.45, 7) is 6.80. The van der Waals surface area contributed by atoms with E-state index in [0.717, 1.165) is 59.9 Å². The first-order valence-electron chi connectivity index (χ1n) is 10.8. The van der Waals surface area contributed by atoms with Gasteiger partial charge in [-0.1, -0.05) is 40.2 Å². The predicted molar refractivity (Wildman–Crippen MR) is 134 cm³/mol. The number of amides is 1. The number of rotatable bonds is 6. The monoisotopic (exact) mass is 493 g/mol. The Morgan fingerprint density at radius 2 is 1.72 bits per heavy atom. The molecule has 32 heavy (non-hydrogen) atoms. The number of carbonyl (C=O) groups is 1. The fourth-order valence-corrected chi connectivity index (χ4v) is 4.23. The van der Waals surface area contributed by atoms with Crippen molar-refractivity contribution in [2.75, 3.05) is 43.5 Å². The van der Waals surface area contributed by atoms with Crippen molar-refractivity contribution in [1.82, 2.24) is 4.90 Å². The molecular formula is C26H28BrN3O2. The highest BCUT2D eigenvalue weighted by Gasteiger charge is 2.19. The molecule has 1 fully saturated rings. The summed E-state index contributed by atoms with van der Waals surface area (Å²) >= 11 is 3.49. The molecule has 3 aromatic carbocycles. The smallest absolute Gasteiger partial charge is 0.255 e. The molecule has 0 unspecified atom stereocenters. The molecule has 166 valence electrons. The molecule has 5 nitrogen and oxygen atoms in total. The van der Waals surface area contributed by atoms with Gasteiger partial charge in [0.1, 0.15) is 5.75 Å². The Bertz CT molecular complexity index is 1080.